The summed E-state index contributed by atoms with van der Waals surface area (Å²) in [5.41, 5.74) is 0.661. The quantitative estimate of drug-likeness (QED) is 0.325. The molecule has 2 rings (SSSR count). The van der Waals surface area contributed by atoms with Gasteiger partial charge in [-0.15, -0.1) is 0 Å². The Morgan fingerprint density at radius 1 is 1.30 bits per heavy atom. The molecule has 2 aromatic rings. The molecule has 162 valence electrons. The van der Waals surface area contributed by atoms with Crippen LogP contribution in [0.2, 0.25) is 0 Å². The molecule has 0 aliphatic rings. The first kappa shape index (κ1) is 23.6. The van der Waals surface area contributed by atoms with Crippen molar-refractivity contribution in [3.63, 3.8) is 0 Å². The minimum atomic E-state index is -0.601. The zero-order chi connectivity index (χ0) is 22.3. The van der Waals surface area contributed by atoms with E-state index in [9.17, 15) is 14.9 Å². The van der Waals surface area contributed by atoms with Crippen molar-refractivity contribution < 1.29 is 23.9 Å². The lowest BCUT2D eigenvalue weighted by Gasteiger charge is -2.19. The van der Waals surface area contributed by atoms with E-state index in [-0.39, 0.29) is 18.0 Å². The first-order valence-corrected chi connectivity index (χ1v) is 9.93. The third-order valence-corrected chi connectivity index (χ3v) is 4.29. The van der Waals surface area contributed by atoms with E-state index in [0.717, 1.165) is 5.56 Å². The minimum absolute atomic E-state index is 0.107. The van der Waals surface area contributed by atoms with Gasteiger partial charge in [-0.05, 0) is 66.9 Å². The largest absolute Gasteiger partial charge is 0.489 e. The fourth-order valence-corrected chi connectivity index (χ4v) is 3.18. The van der Waals surface area contributed by atoms with Gasteiger partial charge in [0, 0.05) is 6.07 Å². The maximum absolute atomic E-state index is 11.8. The molecule has 30 heavy (non-hydrogen) atoms. The van der Waals surface area contributed by atoms with Gasteiger partial charge in [0.2, 0.25) is 5.75 Å². The number of amides is 1. The average molecular weight is 482 g/mol. The number of halogens is 1. The number of anilines is 1. The van der Waals surface area contributed by atoms with Crippen molar-refractivity contribution in [2.75, 3.05) is 19.0 Å². The van der Waals surface area contributed by atoms with Crippen LogP contribution in [0.15, 0.2) is 34.8 Å². The van der Waals surface area contributed by atoms with E-state index >= 15 is 0 Å². The zero-order valence-corrected chi connectivity index (χ0v) is 18.8. The van der Waals surface area contributed by atoms with E-state index in [4.69, 9.17) is 14.2 Å². The van der Waals surface area contributed by atoms with Gasteiger partial charge in [-0.3, -0.25) is 15.4 Å². The molecule has 0 radical (unpaired) electrons. The van der Waals surface area contributed by atoms with E-state index < -0.39 is 16.6 Å². The summed E-state index contributed by atoms with van der Waals surface area (Å²) in [6.45, 7) is 5.89. The van der Waals surface area contributed by atoms with Crippen molar-refractivity contribution in [2.24, 2.45) is 0 Å². The number of nitro benzene ring substituents is 1. The lowest BCUT2D eigenvalue weighted by Crippen LogP contribution is -2.27. The number of pyridine rings is 1. The van der Waals surface area contributed by atoms with Crippen LogP contribution in [0, 0.1) is 10.1 Å². The van der Waals surface area contributed by atoms with Crippen molar-refractivity contribution in [1.29, 1.82) is 0 Å². The maximum Gasteiger partial charge on any atom is 0.413 e. The Morgan fingerprint density at radius 3 is 2.67 bits per heavy atom. The van der Waals surface area contributed by atoms with Gasteiger partial charge in [0.1, 0.15) is 11.4 Å². The molecule has 0 aliphatic carbocycles. The van der Waals surface area contributed by atoms with E-state index in [1.54, 1.807) is 45.0 Å². The number of benzene rings is 1. The fraction of sp³-hybridized carbons (Fsp3) is 0.400. The number of nitro groups is 1. The Morgan fingerprint density at radius 2 is 2.03 bits per heavy atom. The van der Waals surface area contributed by atoms with Crippen LogP contribution in [0.3, 0.4) is 0 Å². The first-order valence-electron chi connectivity index (χ1n) is 9.13. The molecule has 1 N–H and O–H groups in total. The Balaban J connectivity index is 1.91. The molecule has 10 heteroatoms. The predicted molar refractivity (Wildman–Crippen MR) is 115 cm³/mol. The number of methoxy groups -OCH3 is 1. The highest BCUT2D eigenvalue weighted by Crippen LogP contribution is 2.36. The van der Waals surface area contributed by atoms with Crippen molar-refractivity contribution in [2.45, 2.75) is 39.4 Å². The van der Waals surface area contributed by atoms with Gasteiger partial charge in [0.15, 0.2) is 0 Å². The van der Waals surface area contributed by atoms with Crippen LogP contribution >= 0.6 is 15.9 Å². The second-order valence-electron chi connectivity index (χ2n) is 7.33. The number of carbonyl (C=O) groups is 1. The number of aromatic nitrogens is 1. The highest BCUT2D eigenvalue weighted by Gasteiger charge is 2.19. The Hall–Kier alpha value is -2.72. The summed E-state index contributed by atoms with van der Waals surface area (Å²) in [6, 6.07) is 8.41. The lowest BCUT2D eigenvalue weighted by atomic mass is 10.1. The van der Waals surface area contributed by atoms with Gasteiger partial charge < -0.3 is 14.2 Å². The lowest BCUT2D eigenvalue weighted by molar-refractivity contribution is -0.385. The molecule has 0 saturated heterocycles. The second kappa shape index (κ2) is 10.4. The van der Waals surface area contributed by atoms with Gasteiger partial charge in [-0.1, -0.05) is 6.07 Å². The molecular weight excluding hydrogens is 458 g/mol. The third kappa shape index (κ3) is 7.27. The number of carbonyl (C=O) groups excluding carboxylic acids is 1. The molecule has 9 nitrogen and oxygen atoms in total. The SMILES string of the molecule is COc1c(Br)cc(CCOCc2cccc(NC(=O)OC(C)(C)C)n2)cc1[N+](=O)[O-]. The molecule has 0 saturated carbocycles. The first-order chi connectivity index (χ1) is 14.1. The summed E-state index contributed by atoms with van der Waals surface area (Å²) < 4.78 is 16.4. The van der Waals surface area contributed by atoms with E-state index in [1.165, 1.54) is 13.2 Å². The highest BCUT2D eigenvalue weighted by atomic mass is 79.9. The van der Waals surface area contributed by atoms with Crippen molar-refractivity contribution in [1.82, 2.24) is 4.98 Å². The van der Waals surface area contributed by atoms with Gasteiger partial charge in [-0.25, -0.2) is 9.78 Å². The minimum Gasteiger partial charge on any atom is -0.489 e. The van der Waals surface area contributed by atoms with Crippen LogP contribution in [0.1, 0.15) is 32.0 Å². The molecule has 0 aliphatic heterocycles. The molecule has 1 heterocycles. The van der Waals surface area contributed by atoms with Gasteiger partial charge >= 0.3 is 11.8 Å². The van der Waals surface area contributed by atoms with Crippen LogP contribution in [0.25, 0.3) is 0 Å². The standard InChI is InChI=1S/C20H24BrN3O6/c1-20(2,3)30-19(25)23-17-7-5-6-14(22-17)12-29-9-8-13-10-15(21)18(28-4)16(11-13)24(26)27/h5-7,10-11H,8-9,12H2,1-4H3,(H,22,23,25). The van der Waals surface area contributed by atoms with Gasteiger partial charge in [0.05, 0.1) is 35.4 Å². The monoisotopic (exact) mass is 481 g/mol. The number of nitrogens with zero attached hydrogens (tertiary/aromatic N) is 2. The van der Waals surface area contributed by atoms with Crippen LogP contribution in [0.4, 0.5) is 16.3 Å². The molecule has 0 unspecified atom stereocenters. The number of ether oxygens (including phenoxy) is 3. The van der Waals surface area contributed by atoms with Crippen LogP contribution in [-0.4, -0.2) is 35.3 Å². The summed E-state index contributed by atoms with van der Waals surface area (Å²) in [6.07, 6.45) is -0.112. The van der Waals surface area contributed by atoms with E-state index in [0.29, 0.717) is 29.0 Å². The molecule has 0 atom stereocenters. The van der Waals surface area contributed by atoms with Crippen LogP contribution in [0.5, 0.6) is 5.75 Å². The zero-order valence-electron chi connectivity index (χ0n) is 17.2. The number of rotatable bonds is 8. The summed E-state index contributed by atoms with van der Waals surface area (Å²) in [5, 5.41) is 13.8. The third-order valence-electron chi connectivity index (χ3n) is 3.71. The number of hydrogen-bond acceptors (Lipinski definition) is 7. The fourth-order valence-electron chi connectivity index (χ4n) is 2.52. The van der Waals surface area contributed by atoms with E-state index in [2.05, 4.69) is 26.2 Å². The molecule has 1 amide bonds. The second-order valence-corrected chi connectivity index (χ2v) is 8.19. The average Bonchev–Trinajstić information content (AvgIpc) is 2.63. The van der Waals surface area contributed by atoms with Gasteiger partial charge in [-0.2, -0.15) is 0 Å². The van der Waals surface area contributed by atoms with E-state index in [1.807, 2.05) is 0 Å². The van der Waals surface area contributed by atoms with Crippen molar-refractivity contribution in [3.8, 4) is 5.75 Å². The molecular formula is C20H24BrN3O6. The smallest absolute Gasteiger partial charge is 0.413 e. The Labute approximate surface area is 183 Å². The number of nitrogens with one attached hydrogen (secondary N) is 1. The predicted octanol–water partition coefficient (Wildman–Crippen LogP) is 4.87. The summed E-state index contributed by atoms with van der Waals surface area (Å²) in [4.78, 5) is 26.9. The van der Waals surface area contributed by atoms with Gasteiger partial charge in [0.25, 0.3) is 0 Å². The summed E-state index contributed by atoms with van der Waals surface area (Å²) >= 11 is 3.29. The van der Waals surface area contributed by atoms with Crippen LogP contribution < -0.4 is 10.1 Å². The molecule has 1 aromatic heterocycles. The Kier molecular flexibility index (Phi) is 8.13. The summed E-state index contributed by atoms with van der Waals surface area (Å²) in [5.74, 6) is 0.545. The Bertz CT molecular complexity index is 914. The highest BCUT2D eigenvalue weighted by molar-refractivity contribution is 9.10. The summed E-state index contributed by atoms with van der Waals surface area (Å²) in [7, 11) is 1.38. The number of hydrogen-bond donors (Lipinski definition) is 1. The van der Waals surface area contributed by atoms with Crippen molar-refractivity contribution in [3.05, 3.63) is 56.2 Å². The normalized spacial score (nSPS) is 11.1. The molecule has 1 aromatic carbocycles. The van der Waals surface area contributed by atoms with Crippen molar-refractivity contribution >= 4 is 33.5 Å². The molecule has 0 bridgehead atoms. The van der Waals surface area contributed by atoms with Crippen LogP contribution in [-0.2, 0) is 22.5 Å². The molecule has 0 fully saturated rings. The molecule has 0 spiro atoms. The maximum atomic E-state index is 11.8. The topological polar surface area (TPSA) is 113 Å².